The molecular weight excluding hydrogens is 344 g/mol. The lowest BCUT2D eigenvalue weighted by atomic mass is 10.2. The Balaban J connectivity index is 2.19. The molecule has 0 atom stereocenters. The van der Waals surface area contributed by atoms with Crippen LogP contribution in [-0.2, 0) is 0 Å². The fourth-order valence-electron chi connectivity index (χ4n) is 1.91. The van der Waals surface area contributed by atoms with E-state index >= 15 is 0 Å². The second-order valence-electron chi connectivity index (χ2n) is 4.25. The number of nitrogen functional groups attached to an aromatic ring is 1. The Morgan fingerprint density at radius 3 is 2.52 bits per heavy atom. The van der Waals surface area contributed by atoms with Crippen molar-refractivity contribution < 1.29 is 8.78 Å². The first kappa shape index (κ1) is 13.6. The molecule has 5 nitrogen and oxygen atoms in total. The Morgan fingerprint density at radius 1 is 1.10 bits per heavy atom. The van der Waals surface area contributed by atoms with Gasteiger partial charge in [0.15, 0.2) is 5.82 Å². The predicted molar refractivity (Wildman–Crippen MR) is 76.6 cm³/mol. The van der Waals surface area contributed by atoms with E-state index in [1.807, 2.05) is 0 Å². The van der Waals surface area contributed by atoms with Crippen molar-refractivity contribution in [3.8, 4) is 17.1 Å². The molecule has 0 spiro atoms. The fourth-order valence-corrected chi connectivity index (χ4v) is 2.35. The average Bonchev–Trinajstić information content (AvgIpc) is 2.90. The van der Waals surface area contributed by atoms with Crippen LogP contribution >= 0.6 is 15.9 Å². The van der Waals surface area contributed by atoms with Gasteiger partial charge in [0.05, 0.1) is 10.2 Å². The standard InChI is InChI=1S/C13H8BrF2N5/c14-12-10(2-1-3-11(12)17)13-18-19-20-21(13)9-5-7(15)4-8(16)6-9/h1-6H,17H2. The molecule has 106 valence electrons. The number of halogens is 3. The largest absolute Gasteiger partial charge is 0.398 e. The molecular formula is C13H8BrF2N5. The van der Waals surface area contributed by atoms with Crippen LogP contribution < -0.4 is 5.73 Å². The molecule has 0 unspecified atom stereocenters. The molecule has 1 aromatic heterocycles. The Bertz CT molecular complexity index is 798. The summed E-state index contributed by atoms with van der Waals surface area (Å²) in [6.45, 7) is 0. The number of rotatable bonds is 2. The van der Waals surface area contributed by atoms with Crippen LogP contribution in [0.1, 0.15) is 0 Å². The van der Waals surface area contributed by atoms with Crippen molar-refractivity contribution in [2.75, 3.05) is 5.73 Å². The minimum atomic E-state index is -0.710. The first-order chi connectivity index (χ1) is 10.1. The van der Waals surface area contributed by atoms with Crippen molar-refractivity contribution >= 4 is 21.6 Å². The van der Waals surface area contributed by atoms with Gasteiger partial charge in [-0.25, -0.2) is 8.78 Å². The maximum Gasteiger partial charge on any atom is 0.188 e. The maximum absolute atomic E-state index is 13.3. The third kappa shape index (κ3) is 2.49. The molecule has 0 radical (unpaired) electrons. The number of tetrazole rings is 1. The number of hydrogen-bond acceptors (Lipinski definition) is 4. The van der Waals surface area contributed by atoms with E-state index in [1.165, 1.54) is 4.68 Å². The van der Waals surface area contributed by atoms with Gasteiger partial charge in [-0.3, -0.25) is 0 Å². The highest BCUT2D eigenvalue weighted by Gasteiger charge is 2.16. The quantitative estimate of drug-likeness (QED) is 0.720. The molecule has 3 aromatic rings. The number of anilines is 1. The lowest BCUT2D eigenvalue weighted by Crippen LogP contribution is -2.02. The van der Waals surface area contributed by atoms with Crippen molar-refractivity contribution in [2.24, 2.45) is 0 Å². The summed E-state index contributed by atoms with van der Waals surface area (Å²) in [6.07, 6.45) is 0. The molecule has 3 rings (SSSR count). The van der Waals surface area contributed by atoms with Crippen LogP contribution in [0.5, 0.6) is 0 Å². The molecule has 0 bridgehead atoms. The van der Waals surface area contributed by atoms with Gasteiger partial charge in [-0.1, -0.05) is 6.07 Å². The van der Waals surface area contributed by atoms with Gasteiger partial charge in [0.2, 0.25) is 0 Å². The van der Waals surface area contributed by atoms with E-state index in [1.54, 1.807) is 18.2 Å². The van der Waals surface area contributed by atoms with E-state index in [-0.39, 0.29) is 5.69 Å². The van der Waals surface area contributed by atoms with E-state index in [2.05, 4.69) is 31.5 Å². The molecule has 1 heterocycles. The minimum Gasteiger partial charge on any atom is -0.398 e. The fraction of sp³-hybridized carbons (Fsp3) is 0. The number of hydrogen-bond donors (Lipinski definition) is 1. The van der Waals surface area contributed by atoms with E-state index in [0.717, 1.165) is 18.2 Å². The third-order valence-electron chi connectivity index (χ3n) is 2.83. The Labute approximate surface area is 126 Å². The van der Waals surface area contributed by atoms with Gasteiger partial charge < -0.3 is 5.73 Å². The Kier molecular flexibility index (Phi) is 3.38. The minimum absolute atomic E-state index is 0.182. The molecule has 0 aliphatic carbocycles. The van der Waals surface area contributed by atoms with Crippen LogP contribution in [0, 0.1) is 11.6 Å². The number of aromatic nitrogens is 4. The summed E-state index contributed by atoms with van der Waals surface area (Å²) in [7, 11) is 0. The molecule has 0 aliphatic rings. The van der Waals surface area contributed by atoms with Crippen molar-refractivity contribution in [3.63, 3.8) is 0 Å². The summed E-state index contributed by atoms with van der Waals surface area (Å²) < 4.78 is 28.5. The van der Waals surface area contributed by atoms with Crippen LogP contribution in [0.25, 0.3) is 17.1 Å². The molecule has 2 aromatic carbocycles. The van der Waals surface area contributed by atoms with Gasteiger partial charge in [0.1, 0.15) is 11.6 Å². The number of nitrogens with zero attached hydrogens (tertiary/aromatic N) is 4. The normalized spacial score (nSPS) is 10.8. The van der Waals surface area contributed by atoms with Crippen LogP contribution in [-0.4, -0.2) is 20.2 Å². The van der Waals surface area contributed by atoms with Gasteiger partial charge >= 0.3 is 0 Å². The summed E-state index contributed by atoms with van der Waals surface area (Å²) in [5.74, 6) is -1.10. The van der Waals surface area contributed by atoms with Gasteiger partial charge in [0.25, 0.3) is 0 Å². The van der Waals surface area contributed by atoms with Crippen LogP contribution in [0.3, 0.4) is 0 Å². The van der Waals surface area contributed by atoms with Crippen LogP contribution in [0.15, 0.2) is 40.9 Å². The molecule has 0 fully saturated rings. The first-order valence-electron chi connectivity index (χ1n) is 5.85. The van der Waals surface area contributed by atoms with Crippen molar-refractivity contribution in [1.29, 1.82) is 0 Å². The summed E-state index contributed by atoms with van der Waals surface area (Å²) >= 11 is 3.36. The zero-order chi connectivity index (χ0) is 15.0. The molecule has 0 saturated carbocycles. The average molecular weight is 352 g/mol. The summed E-state index contributed by atoms with van der Waals surface area (Å²) in [5, 5.41) is 11.2. The Hall–Kier alpha value is -2.35. The highest BCUT2D eigenvalue weighted by Crippen LogP contribution is 2.32. The van der Waals surface area contributed by atoms with E-state index in [0.29, 0.717) is 21.5 Å². The Morgan fingerprint density at radius 2 is 1.81 bits per heavy atom. The van der Waals surface area contributed by atoms with Crippen molar-refractivity contribution in [3.05, 3.63) is 52.5 Å². The maximum atomic E-state index is 13.3. The lowest BCUT2D eigenvalue weighted by molar-refractivity contribution is 0.579. The molecule has 2 N–H and O–H groups in total. The highest BCUT2D eigenvalue weighted by molar-refractivity contribution is 9.10. The monoisotopic (exact) mass is 351 g/mol. The lowest BCUT2D eigenvalue weighted by Gasteiger charge is -2.08. The summed E-state index contributed by atoms with van der Waals surface area (Å²) in [6, 6.07) is 8.26. The van der Waals surface area contributed by atoms with E-state index in [4.69, 9.17) is 5.73 Å². The van der Waals surface area contributed by atoms with Gasteiger partial charge in [0, 0.05) is 17.3 Å². The number of benzene rings is 2. The number of nitrogens with two attached hydrogens (primary N) is 1. The van der Waals surface area contributed by atoms with Crippen LogP contribution in [0.4, 0.5) is 14.5 Å². The van der Waals surface area contributed by atoms with Crippen molar-refractivity contribution in [1.82, 2.24) is 20.2 Å². The molecule has 0 saturated heterocycles. The molecule has 0 amide bonds. The third-order valence-corrected chi connectivity index (χ3v) is 3.72. The van der Waals surface area contributed by atoms with Crippen molar-refractivity contribution in [2.45, 2.75) is 0 Å². The van der Waals surface area contributed by atoms with E-state index < -0.39 is 11.6 Å². The smallest absolute Gasteiger partial charge is 0.188 e. The topological polar surface area (TPSA) is 69.6 Å². The second-order valence-corrected chi connectivity index (χ2v) is 5.04. The first-order valence-corrected chi connectivity index (χ1v) is 6.65. The summed E-state index contributed by atoms with van der Waals surface area (Å²) in [5.41, 5.74) is 7.12. The highest BCUT2D eigenvalue weighted by atomic mass is 79.9. The zero-order valence-corrected chi connectivity index (χ0v) is 12.1. The molecule has 0 aliphatic heterocycles. The molecule has 21 heavy (non-hydrogen) atoms. The van der Waals surface area contributed by atoms with Crippen LogP contribution in [0.2, 0.25) is 0 Å². The predicted octanol–water partition coefficient (Wildman–Crippen LogP) is 2.95. The SMILES string of the molecule is Nc1cccc(-c2nnnn2-c2cc(F)cc(F)c2)c1Br. The van der Waals surface area contributed by atoms with Gasteiger partial charge in [-0.15, -0.1) is 5.10 Å². The zero-order valence-electron chi connectivity index (χ0n) is 10.5. The van der Waals surface area contributed by atoms with Gasteiger partial charge in [-0.05, 0) is 50.6 Å². The second kappa shape index (κ2) is 5.21. The summed E-state index contributed by atoms with van der Waals surface area (Å²) in [4.78, 5) is 0. The van der Waals surface area contributed by atoms with Gasteiger partial charge in [-0.2, -0.15) is 4.68 Å². The van der Waals surface area contributed by atoms with E-state index in [9.17, 15) is 8.78 Å². The molecule has 8 heteroatoms.